The Morgan fingerprint density at radius 2 is 1.46 bits per heavy atom. The van der Waals surface area contributed by atoms with E-state index in [-0.39, 0.29) is 53.3 Å². The lowest BCUT2D eigenvalue weighted by atomic mass is 10.00. The number of nitrogens with one attached hydrogen (secondary N) is 1. The summed E-state index contributed by atoms with van der Waals surface area (Å²) in [4.78, 5) is 43.2. The van der Waals surface area contributed by atoms with Gasteiger partial charge in [-0.1, -0.05) is 78.9 Å². The molecule has 2 heterocycles. The highest BCUT2D eigenvalue weighted by atomic mass is 35.5. The second-order valence-corrected chi connectivity index (χ2v) is 13.0. The molecule has 2 N–H and O–H groups in total. The number of amides is 1. The van der Waals surface area contributed by atoms with Gasteiger partial charge in [-0.25, -0.2) is 8.78 Å². The van der Waals surface area contributed by atoms with Crippen molar-refractivity contribution in [2.24, 2.45) is 0 Å². The quantitative estimate of drug-likeness (QED) is 0.0981. The molecule has 268 valence electrons. The molecule has 0 radical (unpaired) electrons. The van der Waals surface area contributed by atoms with Crippen LogP contribution in [0.5, 0.6) is 0 Å². The van der Waals surface area contributed by atoms with Gasteiger partial charge < -0.3 is 15.0 Å². The number of hydrogen-bond donors (Lipinski definition) is 2. The average Bonchev–Trinajstić information content (AvgIpc) is 3.51. The Kier molecular flexibility index (Phi) is 11.8. The van der Waals surface area contributed by atoms with Crippen molar-refractivity contribution in [2.45, 2.75) is 25.6 Å². The molecular formula is C39H32ClF4N3O4S. The number of nitrogens with zero attached hydrogens (tertiary/aromatic N) is 2. The summed E-state index contributed by atoms with van der Waals surface area (Å²) in [7, 11) is 1.87. The fourth-order valence-corrected chi connectivity index (χ4v) is 7.07. The van der Waals surface area contributed by atoms with Gasteiger partial charge in [0.05, 0.1) is 17.5 Å². The molecule has 1 amide bonds. The number of fused-ring (bicyclic) bond motifs is 1. The third-order valence-electron chi connectivity index (χ3n) is 8.34. The summed E-state index contributed by atoms with van der Waals surface area (Å²) in [5, 5.41) is 11.2. The summed E-state index contributed by atoms with van der Waals surface area (Å²) >= 11 is 1.18. The van der Waals surface area contributed by atoms with Crippen LogP contribution in [0.15, 0.2) is 114 Å². The molecule has 0 aliphatic rings. The molecule has 0 bridgehead atoms. The normalized spacial score (nSPS) is 11.4. The maximum atomic E-state index is 15.0. The van der Waals surface area contributed by atoms with E-state index < -0.39 is 41.3 Å². The number of halogens is 5. The van der Waals surface area contributed by atoms with Crippen LogP contribution in [0.25, 0.3) is 20.7 Å². The number of benzene rings is 4. The molecule has 0 spiro atoms. The molecule has 6 rings (SSSR count). The number of aliphatic hydroxyl groups is 1. The zero-order valence-corrected chi connectivity index (χ0v) is 29.2. The van der Waals surface area contributed by atoms with Gasteiger partial charge in [0, 0.05) is 41.0 Å². The highest BCUT2D eigenvalue weighted by molar-refractivity contribution is 7.22. The molecule has 0 unspecified atom stereocenters. The van der Waals surface area contributed by atoms with Crippen LogP contribution in [-0.4, -0.2) is 45.8 Å². The number of aliphatic hydroxyl groups excluding tert-OH is 1. The van der Waals surface area contributed by atoms with E-state index in [4.69, 9.17) is 5.11 Å². The smallest absolute Gasteiger partial charge is 0.347 e. The first-order valence-electron chi connectivity index (χ1n) is 15.8. The van der Waals surface area contributed by atoms with Gasteiger partial charge in [-0.05, 0) is 48.0 Å². The first kappa shape index (κ1) is 38.1. The zero-order valence-electron chi connectivity index (χ0n) is 27.6. The Morgan fingerprint density at radius 3 is 2.08 bits per heavy atom. The van der Waals surface area contributed by atoms with Crippen molar-refractivity contribution in [3.05, 3.63) is 159 Å². The van der Waals surface area contributed by atoms with Crippen molar-refractivity contribution in [3.63, 3.8) is 0 Å². The summed E-state index contributed by atoms with van der Waals surface area (Å²) in [5.41, 5.74) is 1.45. The lowest BCUT2D eigenvalue weighted by Crippen LogP contribution is -2.37. The topological polar surface area (TPSA) is 91.6 Å². The van der Waals surface area contributed by atoms with Crippen molar-refractivity contribution in [1.29, 1.82) is 0 Å². The van der Waals surface area contributed by atoms with Crippen LogP contribution in [-0.2, 0) is 24.4 Å². The van der Waals surface area contributed by atoms with E-state index in [1.807, 2.05) is 42.3 Å². The number of carbonyl (C=O) groups excluding carboxylic acids is 2. The van der Waals surface area contributed by atoms with Crippen LogP contribution in [0.2, 0.25) is 0 Å². The molecule has 7 nitrogen and oxygen atoms in total. The number of anilines is 1. The molecule has 52 heavy (non-hydrogen) atoms. The zero-order chi connectivity index (χ0) is 36.3. The largest absolute Gasteiger partial charge is 0.390 e. The van der Waals surface area contributed by atoms with Crippen LogP contribution in [0.3, 0.4) is 0 Å². The van der Waals surface area contributed by atoms with Crippen LogP contribution in [0.4, 0.5) is 23.2 Å². The minimum absolute atomic E-state index is 0. The molecule has 0 fully saturated rings. The average molecular weight is 750 g/mol. The minimum Gasteiger partial charge on any atom is -0.390 e. The molecule has 2 aromatic heterocycles. The van der Waals surface area contributed by atoms with Crippen molar-refractivity contribution >= 4 is 51.3 Å². The summed E-state index contributed by atoms with van der Waals surface area (Å²) in [6.45, 7) is -1.26. The predicted octanol–water partition coefficient (Wildman–Crippen LogP) is 7.91. The van der Waals surface area contributed by atoms with Gasteiger partial charge in [0.2, 0.25) is 5.43 Å². The van der Waals surface area contributed by atoms with E-state index >= 15 is 8.78 Å². The van der Waals surface area contributed by atoms with Crippen LogP contribution in [0, 0.1) is 11.6 Å². The highest BCUT2D eigenvalue weighted by Gasteiger charge is 2.38. The molecule has 4 aromatic carbocycles. The number of aromatic nitrogens is 1. The number of alkyl halides is 2. The molecule has 0 saturated carbocycles. The SMILES string of the molecule is CN(Cc1ccccc1)Cc1c(-c2ccc(NC(=O)C(F)(F)CO)cc2)sc2c1c(=O)c(C(=O)c1ccccc1)cn2Cc1c(F)cccc1F.Cl. The molecule has 0 aliphatic heterocycles. The molecule has 0 aliphatic carbocycles. The summed E-state index contributed by atoms with van der Waals surface area (Å²) in [6, 6.07) is 27.4. The lowest BCUT2D eigenvalue weighted by molar-refractivity contribution is -0.144. The van der Waals surface area contributed by atoms with Gasteiger partial charge >= 0.3 is 5.92 Å². The molecule has 0 atom stereocenters. The second kappa shape index (κ2) is 16.0. The van der Waals surface area contributed by atoms with E-state index in [0.717, 1.165) is 17.7 Å². The lowest BCUT2D eigenvalue weighted by Gasteiger charge is -2.18. The van der Waals surface area contributed by atoms with Crippen LogP contribution >= 0.6 is 23.7 Å². The van der Waals surface area contributed by atoms with Crippen molar-refractivity contribution in [2.75, 3.05) is 19.0 Å². The van der Waals surface area contributed by atoms with Crippen LogP contribution in [0.1, 0.15) is 32.6 Å². The minimum atomic E-state index is -3.98. The standard InChI is InChI=1S/C39H31F4N3O4S.ClH/c1-45(19-24-9-4-2-5-10-24)20-29-33-35(49)30(34(48)25-11-6-3-7-12-25)22-46(21-28-31(40)13-8-14-32(28)41)37(33)51-36(29)26-15-17-27(18-16-26)44-38(50)39(42,43)23-47;/h2-18,22,47H,19-21,23H2,1H3,(H,44,50);1H. The van der Waals surface area contributed by atoms with E-state index in [0.29, 0.717) is 27.4 Å². The van der Waals surface area contributed by atoms with E-state index in [2.05, 4.69) is 5.32 Å². The van der Waals surface area contributed by atoms with E-state index in [1.165, 1.54) is 40.3 Å². The first-order chi connectivity index (χ1) is 24.5. The third-order valence-corrected chi connectivity index (χ3v) is 9.65. The molecule has 6 aromatic rings. The van der Waals surface area contributed by atoms with E-state index in [1.54, 1.807) is 42.5 Å². The number of thiophene rings is 1. The molecular weight excluding hydrogens is 718 g/mol. The van der Waals surface area contributed by atoms with Crippen molar-refractivity contribution in [1.82, 2.24) is 9.47 Å². The van der Waals surface area contributed by atoms with Gasteiger partial charge in [-0.15, -0.1) is 23.7 Å². The fourth-order valence-electron chi connectivity index (χ4n) is 5.78. The van der Waals surface area contributed by atoms with Gasteiger partial charge in [-0.3, -0.25) is 19.3 Å². The van der Waals surface area contributed by atoms with Gasteiger partial charge in [0.15, 0.2) is 5.78 Å². The highest BCUT2D eigenvalue weighted by Crippen LogP contribution is 2.39. The maximum absolute atomic E-state index is 15.0. The molecule has 0 saturated heterocycles. The monoisotopic (exact) mass is 749 g/mol. The number of ketones is 1. The Bertz CT molecular complexity index is 2260. The van der Waals surface area contributed by atoms with Gasteiger partial charge in [0.25, 0.3) is 5.91 Å². The van der Waals surface area contributed by atoms with Crippen LogP contribution < -0.4 is 10.7 Å². The van der Waals surface area contributed by atoms with Crippen molar-refractivity contribution < 1.29 is 32.3 Å². The van der Waals surface area contributed by atoms with Gasteiger partial charge in [-0.2, -0.15) is 8.78 Å². The van der Waals surface area contributed by atoms with E-state index in [9.17, 15) is 23.2 Å². The van der Waals surface area contributed by atoms with Crippen molar-refractivity contribution in [3.8, 4) is 10.4 Å². The predicted molar refractivity (Wildman–Crippen MR) is 196 cm³/mol. The third kappa shape index (κ3) is 8.00. The maximum Gasteiger partial charge on any atom is 0.347 e. The van der Waals surface area contributed by atoms with Gasteiger partial charge in [0.1, 0.15) is 23.1 Å². The number of rotatable bonds is 12. The number of carbonyl (C=O) groups is 2. The number of pyridine rings is 1. The summed E-state index contributed by atoms with van der Waals surface area (Å²) in [5.74, 6) is -7.79. The first-order valence-corrected chi connectivity index (χ1v) is 16.6. The Labute approximate surface area is 306 Å². The Morgan fingerprint density at radius 1 is 0.846 bits per heavy atom. The number of hydrogen-bond acceptors (Lipinski definition) is 6. The second-order valence-electron chi connectivity index (χ2n) is 12.0. The summed E-state index contributed by atoms with van der Waals surface area (Å²) < 4.78 is 59.0. The summed E-state index contributed by atoms with van der Waals surface area (Å²) in [6.07, 6.45) is 1.34. The molecule has 13 heteroatoms. The fraction of sp³-hybridized carbons (Fsp3) is 0.154. The Balaban J connectivity index is 0.00000523. The Hall–Kier alpha value is -5.14.